The quantitative estimate of drug-likeness (QED) is 0.401. The van der Waals surface area contributed by atoms with Crippen molar-refractivity contribution in [2.45, 2.75) is 65.1 Å². The minimum Gasteiger partial charge on any atom is -0.481 e. The first kappa shape index (κ1) is 22.7. The van der Waals surface area contributed by atoms with E-state index in [1.54, 1.807) is 7.11 Å². The molecule has 0 radical (unpaired) electrons. The SMILES string of the molecule is CC[C@H]1O[Si](C(C)C)(C(C)C)c2c(-c3ccccc3)nc(-c3ccc(OC)nc3)c(C)c21. The lowest BCUT2D eigenvalue weighted by atomic mass is 9.95. The van der Waals surface area contributed by atoms with E-state index in [0.717, 1.165) is 28.9 Å². The second-order valence-corrected chi connectivity index (χ2v) is 13.9. The summed E-state index contributed by atoms with van der Waals surface area (Å²) in [4.78, 5) is 9.79. The number of methoxy groups -OCH3 is 1. The molecule has 0 spiro atoms. The van der Waals surface area contributed by atoms with E-state index in [2.05, 4.69) is 82.9 Å². The van der Waals surface area contributed by atoms with Gasteiger partial charge < -0.3 is 9.16 Å². The van der Waals surface area contributed by atoms with Crippen molar-refractivity contribution in [3.05, 3.63) is 59.8 Å². The Labute approximate surface area is 193 Å². The van der Waals surface area contributed by atoms with Crippen LogP contribution in [0.3, 0.4) is 0 Å². The summed E-state index contributed by atoms with van der Waals surface area (Å²) in [6.07, 6.45) is 2.93. The van der Waals surface area contributed by atoms with Crippen LogP contribution in [0.2, 0.25) is 11.1 Å². The third-order valence-electron chi connectivity index (χ3n) is 6.89. The first-order chi connectivity index (χ1) is 15.3. The van der Waals surface area contributed by atoms with Crippen molar-refractivity contribution in [1.29, 1.82) is 0 Å². The fourth-order valence-electron chi connectivity index (χ4n) is 5.38. The molecule has 1 aromatic carbocycles. The molecular weight excluding hydrogens is 412 g/mol. The van der Waals surface area contributed by atoms with Crippen molar-refractivity contribution in [3.8, 4) is 28.4 Å². The molecule has 0 N–H and O–H groups in total. The number of rotatable bonds is 6. The van der Waals surface area contributed by atoms with E-state index >= 15 is 0 Å². The summed E-state index contributed by atoms with van der Waals surface area (Å²) in [7, 11) is -0.649. The fourth-order valence-corrected chi connectivity index (χ4v) is 10.6. The van der Waals surface area contributed by atoms with E-state index in [0.29, 0.717) is 17.0 Å². The van der Waals surface area contributed by atoms with Crippen molar-refractivity contribution < 1.29 is 9.16 Å². The van der Waals surface area contributed by atoms with Gasteiger partial charge in [-0.15, -0.1) is 0 Å². The highest BCUT2D eigenvalue weighted by atomic mass is 28.4. The Kier molecular flexibility index (Phi) is 6.23. The molecule has 0 saturated carbocycles. The predicted molar refractivity (Wildman–Crippen MR) is 134 cm³/mol. The standard InChI is InChI=1S/C27H34N2O2Si/c1-8-22-24-19(6)25(21-14-15-23(30-7)28-16-21)29-26(20-12-10-9-11-13-20)27(24)32(31-22,17(2)3)18(4)5/h9-18,22H,8H2,1-7H3/t22-/m1/s1. The number of benzene rings is 1. The van der Waals surface area contributed by atoms with Crippen LogP contribution in [-0.4, -0.2) is 25.4 Å². The molecule has 0 amide bonds. The van der Waals surface area contributed by atoms with Crippen LogP contribution in [0.5, 0.6) is 5.88 Å². The molecule has 0 aliphatic carbocycles. The largest absolute Gasteiger partial charge is 0.481 e. The third kappa shape index (κ3) is 3.48. The maximum absolute atomic E-state index is 7.13. The Bertz CT molecular complexity index is 1090. The zero-order chi connectivity index (χ0) is 23.0. The Morgan fingerprint density at radius 2 is 1.66 bits per heavy atom. The molecule has 0 bridgehead atoms. The van der Waals surface area contributed by atoms with Gasteiger partial charge in [0.1, 0.15) is 0 Å². The number of hydrogen-bond acceptors (Lipinski definition) is 4. The van der Waals surface area contributed by atoms with Gasteiger partial charge in [-0.25, -0.2) is 9.97 Å². The molecule has 5 heteroatoms. The first-order valence-corrected chi connectivity index (χ1v) is 13.7. The van der Waals surface area contributed by atoms with Crippen LogP contribution in [0.1, 0.15) is 58.3 Å². The Hall–Kier alpha value is -2.50. The zero-order valence-electron chi connectivity index (χ0n) is 20.3. The highest BCUT2D eigenvalue weighted by molar-refractivity contribution is 6.90. The summed E-state index contributed by atoms with van der Waals surface area (Å²) in [5, 5.41) is 1.41. The summed E-state index contributed by atoms with van der Waals surface area (Å²) in [5.74, 6) is 0.608. The summed E-state index contributed by atoms with van der Waals surface area (Å²) in [6, 6.07) is 14.6. The topological polar surface area (TPSA) is 44.2 Å². The molecule has 4 nitrogen and oxygen atoms in total. The van der Waals surface area contributed by atoms with Crippen molar-refractivity contribution in [2.75, 3.05) is 7.11 Å². The smallest absolute Gasteiger partial charge is 0.232 e. The van der Waals surface area contributed by atoms with Crippen molar-refractivity contribution in [3.63, 3.8) is 0 Å². The van der Waals surface area contributed by atoms with Gasteiger partial charge in [0.05, 0.1) is 24.6 Å². The lowest BCUT2D eigenvalue weighted by Gasteiger charge is -2.36. The lowest BCUT2D eigenvalue weighted by molar-refractivity contribution is 0.198. The molecule has 168 valence electrons. The number of nitrogens with zero attached hydrogens (tertiary/aromatic N) is 2. The first-order valence-electron chi connectivity index (χ1n) is 11.6. The van der Waals surface area contributed by atoms with E-state index in [1.165, 1.54) is 16.3 Å². The minimum absolute atomic E-state index is 0.108. The van der Waals surface area contributed by atoms with Crippen molar-refractivity contribution in [1.82, 2.24) is 9.97 Å². The second-order valence-electron chi connectivity index (χ2n) is 9.30. The Morgan fingerprint density at radius 3 is 2.19 bits per heavy atom. The van der Waals surface area contributed by atoms with Crippen LogP contribution in [0, 0.1) is 6.92 Å². The summed E-state index contributed by atoms with van der Waals surface area (Å²) in [5.41, 5.74) is 7.72. The number of hydrogen-bond donors (Lipinski definition) is 0. The molecule has 0 unspecified atom stereocenters. The van der Waals surface area contributed by atoms with Crippen LogP contribution in [0.4, 0.5) is 0 Å². The average Bonchev–Trinajstić information content (AvgIpc) is 3.17. The summed E-state index contributed by atoms with van der Waals surface area (Å²) >= 11 is 0. The highest BCUT2D eigenvalue weighted by Crippen LogP contribution is 2.48. The lowest BCUT2D eigenvalue weighted by Crippen LogP contribution is -2.53. The van der Waals surface area contributed by atoms with E-state index in [1.807, 2.05) is 12.3 Å². The van der Waals surface area contributed by atoms with Gasteiger partial charge in [-0.2, -0.15) is 0 Å². The van der Waals surface area contributed by atoms with Crippen molar-refractivity contribution in [2.24, 2.45) is 0 Å². The Morgan fingerprint density at radius 1 is 0.969 bits per heavy atom. The van der Waals surface area contributed by atoms with Gasteiger partial charge in [-0.1, -0.05) is 65.0 Å². The molecule has 2 aromatic heterocycles. The maximum atomic E-state index is 7.13. The van der Waals surface area contributed by atoms with E-state index < -0.39 is 8.32 Å². The highest BCUT2D eigenvalue weighted by Gasteiger charge is 2.54. The fraction of sp³-hybridized carbons (Fsp3) is 0.407. The van der Waals surface area contributed by atoms with Gasteiger partial charge in [0.25, 0.3) is 0 Å². The number of ether oxygens (including phenoxy) is 1. The maximum Gasteiger partial charge on any atom is 0.232 e. The molecule has 1 aliphatic heterocycles. The minimum atomic E-state index is -2.29. The predicted octanol–water partition coefficient (Wildman–Crippen LogP) is 6.58. The zero-order valence-corrected chi connectivity index (χ0v) is 21.3. The number of pyridine rings is 2. The van der Waals surface area contributed by atoms with Crippen molar-refractivity contribution >= 4 is 13.5 Å². The molecule has 3 aromatic rings. The van der Waals surface area contributed by atoms with E-state index in [-0.39, 0.29) is 6.10 Å². The van der Waals surface area contributed by atoms with Gasteiger partial charge >= 0.3 is 0 Å². The van der Waals surface area contributed by atoms with Gasteiger partial charge in [-0.05, 0) is 41.6 Å². The molecule has 0 fully saturated rings. The molecule has 4 rings (SSSR count). The Balaban J connectivity index is 2.09. The average molecular weight is 447 g/mol. The number of fused-ring (bicyclic) bond motifs is 1. The van der Waals surface area contributed by atoms with E-state index in [4.69, 9.17) is 14.1 Å². The monoisotopic (exact) mass is 446 g/mol. The summed E-state index contributed by atoms with van der Waals surface area (Å²) in [6.45, 7) is 13.8. The van der Waals surface area contributed by atoms with Crippen LogP contribution >= 0.6 is 0 Å². The van der Waals surface area contributed by atoms with Crippen LogP contribution in [-0.2, 0) is 4.43 Å². The van der Waals surface area contributed by atoms with E-state index in [9.17, 15) is 0 Å². The molecule has 1 aliphatic rings. The molecule has 32 heavy (non-hydrogen) atoms. The van der Waals surface area contributed by atoms with Gasteiger partial charge in [0, 0.05) is 28.6 Å². The second kappa shape index (κ2) is 8.79. The van der Waals surface area contributed by atoms with Crippen LogP contribution < -0.4 is 9.92 Å². The van der Waals surface area contributed by atoms with Crippen LogP contribution in [0.15, 0.2) is 48.7 Å². The van der Waals surface area contributed by atoms with Gasteiger partial charge in [0.2, 0.25) is 14.2 Å². The van der Waals surface area contributed by atoms with Crippen LogP contribution in [0.25, 0.3) is 22.5 Å². The van der Waals surface area contributed by atoms with Gasteiger partial charge in [0.15, 0.2) is 0 Å². The molecule has 1 atom stereocenters. The number of aromatic nitrogens is 2. The summed E-state index contributed by atoms with van der Waals surface area (Å²) < 4.78 is 12.4. The molecule has 0 saturated heterocycles. The molecule has 3 heterocycles. The van der Waals surface area contributed by atoms with Gasteiger partial charge in [-0.3, -0.25) is 0 Å². The third-order valence-corrected chi connectivity index (χ3v) is 12.3. The molecular formula is C27H34N2O2Si. The normalized spacial score (nSPS) is 17.1.